The summed E-state index contributed by atoms with van der Waals surface area (Å²) in [4.78, 5) is 0. The molecule has 150 valence electrons. The van der Waals surface area contributed by atoms with Crippen molar-refractivity contribution < 1.29 is 13.2 Å². The molecule has 0 atom stereocenters. The van der Waals surface area contributed by atoms with Crippen molar-refractivity contribution >= 4 is 0 Å². The van der Waals surface area contributed by atoms with Crippen LogP contribution in [0.25, 0.3) is 0 Å². The van der Waals surface area contributed by atoms with Gasteiger partial charge in [0.1, 0.15) is 0 Å². The fourth-order valence-corrected chi connectivity index (χ4v) is 4.83. The Balaban J connectivity index is 1.37. The molecule has 3 heteroatoms. The molecule has 0 aromatic heterocycles. The van der Waals surface area contributed by atoms with Gasteiger partial charge in [-0.1, -0.05) is 44.1 Å². The number of hydrogen-bond acceptors (Lipinski definition) is 0. The van der Waals surface area contributed by atoms with Crippen LogP contribution in [0.1, 0.15) is 88.2 Å². The molecule has 0 N–H and O–H groups in total. The minimum Gasteiger partial charge on any atom is -0.166 e. The van der Waals surface area contributed by atoms with Crippen LogP contribution in [0.3, 0.4) is 0 Å². The van der Waals surface area contributed by atoms with Gasteiger partial charge in [-0.2, -0.15) is 13.2 Å². The van der Waals surface area contributed by atoms with Crippen LogP contribution in [0.2, 0.25) is 0 Å². The Hall–Kier alpha value is -1.25. The van der Waals surface area contributed by atoms with Crippen molar-refractivity contribution in [1.82, 2.24) is 0 Å². The summed E-state index contributed by atoms with van der Waals surface area (Å²) in [7, 11) is 0. The predicted molar refractivity (Wildman–Crippen MR) is 106 cm³/mol. The highest BCUT2D eigenvalue weighted by Crippen LogP contribution is 2.39. The summed E-state index contributed by atoms with van der Waals surface area (Å²) in [6.07, 6.45) is 13.2. The minimum atomic E-state index is -4.24. The molecule has 0 radical (unpaired) electrons. The van der Waals surface area contributed by atoms with Crippen LogP contribution >= 0.6 is 0 Å². The van der Waals surface area contributed by atoms with Crippen molar-refractivity contribution in [3.63, 3.8) is 0 Å². The standard InChI is InChI=1S/C24H33F3/c1-18-6-8-19(9-7-18)4-2-3-5-20-10-12-21(13-11-20)22-14-16-23(17-15-22)24(25,26)27/h2,4,14-21H,3,5-13H2,1H3/b4-2+. The summed E-state index contributed by atoms with van der Waals surface area (Å²) in [6.45, 7) is 2.36. The monoisotopic (exact) mass is 378 g/mol. The average molecular weight is 379 g/mol. The summed E-state index contributed by atoms with van der Waals surface area (Å²) < 4.78 is 38.1. The number of halogens is 3. The minimum absolute atomic E-state index is 0.434. The Kier molecular flexibility index (Phi) is 7.05. The molecule has 0 amide bonds. The molecule has 0 nitrogen and oxygen atoms in total. The molecule has 2 fully saturated rings. The zero-order chi connectivity index (χ0) is 19.3. The maximum absolute atomic E-state index is 12.7. The lowest BCUT2D eigenvalue weighted by Crippen LogP contribution is -2.13. The van der Waals surface area contributed by atoms with Crippen molar-refractivity contribution in [2.75, 3.05) is 0 Å². The van der Waals surface area contributed by atoms with Gasteiger partial charge in [0, 0.05) is 0 Å². The van der Waals surface area contributed by atoms with Crippen molar-refractivity contribution in [2.24, 2.45) is 17.8 Å². The highest BCUT2D eigenvalue weighted by Gasteiger charge is 2.30. The fraction of sp³-hybridized carbons (Fsp3) is 0.667. The first-order chi connectivity index (χ1) is 12.9. The van der Waals surface area contributed by atoms with Gasteiger partial charge in [0.2, 0.25) is 0 Å². The molecule has 1 aromatic rings. The molecule has 2 aliphatic rings. The first-order valence-electron chi connectivity index (χ1n) is 10.8. The molecule has 2 saturated carbocycles. The van der Waals surface area contributed by atoms with Gasteiger partial charge in [0.25, 0.3) is 0 Å². The molecule has 0 heterocycles. The Labute approximate surface area is 162 Å². The largest absolute Gasteiger partial charge is 0.416 e. The number of allylic oxidation sites excluding steroid dienone is 2. The van der Waals surface area contributed by atoms with Gasteiger partial charge in [0.15, 0.2) is 0 Å². The lowest BCUT2D eigenvalue weighted by Gasteiger charge is -2.29. The molecule has 0 saturated heterocycles. The van der Waals surface area contributed by atoms with E-state index in [0.717, 1.165) is 36.2 Å². The van der Waals surface area contributed by atoms with Crippen molar-refractivity contribution in [2.45, 2.75) is 83.2 Å². The molecule has 2 aliphatic carbocycles. The Morgan fingerprint density at radius 1 is 0.889 bits per heavy atom. The molecular formula is C24H33F3. The van der Waals surface area contributed by atoms with E-state index < -0.39 is 11.7 Å². The van der Waals surface area contributed by atoms with Gasteiger partial charge in [-0.3, -0.25) is 0 Å². The maximum Gasteiger partial charge on any atom is 0.416 e. The van der Waals surface area contributed by atoms with Gasteiger partial charge < -0.3 is 0 Å². The van der Waals surface area contributed by atoms with E-state index in [2.05, 4.69) is 19.1 Å². The van der Waals surface area contributed by atoms with E-state index >= 15 is 0 Å². The summed E-state index contributed by atoms with van der Waals surface area (Å²) in [5.74, 6) is 2.93. The third kappa shape index (κ3) is 6.12. The van der Waals surface area contributed by atoms with Crippen molar-refractivity contribution in [1.29, 1.82) is 0 Å². The topological polar surface area (TPSA) is 0 Å². The number of hydrogen-bond donors (Lipinski definition) is 0. The van der Waals surface area contributed by atoms with Gasteiger partial charge >= 0.3 is 6.18 Å². The zero-order valence-corrected chi connectivity index (χ0v) is 16.5. The number of rotatable bonds is 5. The van der Waals surface area contributed by atoms with Crippen LogP contribution in [0, 0.1) is 17.8 Å². The van der Waals surface area contributed by atoms with E-state index in [1.807, 2.05) is 0 Å². The zero-order valence-electron chi connectivity index (χ0n) is 16.5. The van der Waals surface area contributed by atoms with Crippen LogP contribution in [0.4, 0.5) is 13.2 Å². The smallest absolute Gasteiger partial charge is 0.166 e. The molecule has 27 heavy (non-hydrogen) atoms. The Morgan fingerprint density at radius 3 is 2.11 bits per heavy atom. The highest BCUT2D eigenvalue weighted by molar-refractivity contribution is 5.27. The highest BCUT2D eigenvalue weighted by atomic mass is 19.4. The van der Waals surface area contributed by atoms with E-state index in [-0.39, 0.29) is 0 Å². The molecule has 0 bridgehead atoms. The van der Waals surface area contributed by atoms with Crippen LogP contribution in [-0.2, 0) is 6.18 Å². The molecule has 3 rings (SSSR count). The quantitative estimate of drug-likeness (QED) is 0.454. The predicted octanol–water partition coefficient (Wildman–Crippen LogP) is 8.14. The lowest BCUT2D eigenvalue weighted by molar-refractivity contribution is -0.137. The number of benzene rings is 1. The van der Waals surface area contributed by atoms with E-state index in [4.69, 9.17) is 0 Å². The van der Waals surface area contributed by atoms with Gasteiger partial charge in [-0.25, -0.2) is 0 Å². The summed E-state index contributed by atoms with van der Waals surface area (Å²) in [5.41, 5.74) is 0.534. The normalized spacial score (nSPS) is 29.9. The molecule has 1 aromatic carbocycles. The van der Waals surface area contributed by atoms with Crippen LogP contribution in [0.15, 0.2) is 36.4 Å². The first-order valence-corrected chi connectivity index (χ1v) is 10.8. The Bertz CT molecular complexity index is 583. The summed E-state index contributed by atoms with van der Waals surface area (Å²) in [6, 6.07) is 5.83. The van der Waals surface area contributed by atoms with Crippen LogP contribution in [0.5, 0.6) is 0 Å². The van der Waals surface area contributed by atoms with Gasteiger partial charge in [0.05, 0.1) is 5.56 Å². The van der Waals surface area contributed by atoms with Crippen molar-refractivity contribution in [3.05, 3.63) is 47.5 Å². The van der Waals surface area contributed by atoms with E-state index in [0.29, 0.717) is 5.92 Å². The molecular weight excluding hydrogens is 345 g/mol. The SMILES string of the molecule is CC1CCC(/C=C/CCC2CCC(c3ccc(C(F)(F)F)cc3)CC2)CC1. The third-order valence-electron chi connectivity index (χ3n) is 6.77. The molecule has 0 spiro atoms. The van der Waals surface area contributed by atoms with E-state index in [9.17, 15) is 13.2 Å². The lowest BCUT2D eigenvalue weighted by atomic mass is 9.77. The summed E-state index contributed by atoms with van der Waals surface area (Å²) in [5, 5.41) is 0. The van der Waals surface area contributed by atoms with Crippen molar-refractivity contribution in [3.8, 4) is 0 Å². The second-order valence-corrected chi connectivity index (χ2v) is 8.86. The maximum atomic E-state index is 12.7. The van der Waals surface area contributed by atoms with Gasteiger partial charge in [-0.05, 0) is 92.7 Å². The second kappa shape index (κ2) is 9.30. The van der Waals surface area contributed by atoms with Crippen LogP contribution < -0.4 is 0 Å². The van der Waals surface area contributed by atoms with Crippen LogP contribution in [-0.4, -0.2) is 0 Å². The number of alkyl halides is 3. The molecule has 0 unspecified atom stereocenters. The Morgan fingerprint density at radius 2 is 1.52 bits per heavy atom. The average Bonchev–Trinajstić information content (AvgIpc) is 2.67. The summed E-state index contributed by atoms with van der Waals surface area (Å²) >= 11 is 0. The third-order valence-corrected chi connectivity index (χ3v) is 6.77. The van der Waals surface area contributed by atoms with E-state index in [1.165, 1.54) is 63.5 Å². The fourth-order valence-electron chi connectivity index (χ4n) is 4.83. The first kappa shape index (κ1) is 20.5. The van der Waals surface area contributed by atoms with E-state index in [1.54, 1.807) is 12.1 Å². The van der Waals surface area contributed by atoms with Gasteiger partial charge in [-0.15, -0.1) is 0 Å². The molecule has 0 aliphatic heterocycles. The second-order valence-electron chi connectivity index (χ2n) is 8.86.